The molecule has 2 rings (SSSR count). The third kappa shape index (κ3) is 3.28. The molecule has 1 aromatic heterocycles. The molecule has 0 radical (unpaired) electrons. The smallest absolute Gasteiger partial charge is 0.215 e. The quantitative estimate of drug-likeness (QED) is 0.881. The first-order valence-electron chi connectivity index (χ1n) is 6.23. The fraction of sp³-hybridized carbons (Fsp3) is 0.583. The lowest BCUT2D eigenvalue weighted by Gasteiger charge is -2.27. The Morgan fingerprint density at radius 3 is 2.67 bits per heavy atom. The minimum Gasteiger partial charge on any atom is -0.323 e. The number of aromatic nitrogens is 1. The van der Waals surface area contributed by atoms with Crippen molar-refractivity contribution in [3.63, 3.8) is 0 Å². The van der Waals surface area contributed by atoms with E-state index in [-0.39, 0.29) is 5.75 Å². The summed E-state index contributed by atoms with van der Waals surface area (Å²) in [5.74, 6) is -0.0430. The molecule has 1 aliphatic rings. The second kappa shape index (κ2) is 5.77. The van der Waals surface area contributed by atoms with Crippen molar-refractivity contribution in [2.75, 3.05) is 18.8 Å². The van der Waals surface area contributed by atoms with Crippen molar-refractivity contribution >= 4 is 10.0 Å². The van der Waals surface area contributed by atoms with E-state index >= 15 is 0 Å². The van der Waals surface area contributed by atoms with Crippen LogP contribution in [0.4, 0.5) is 0 Å². The van der Waals surface area contributed by atoms with Crippen molar-refractivity contribution in [1.82, 2.24) is 9.29 Å². The van der Waals surface area contributed by atoms with Crippen molar-refractivity contribution in [3.05, 3.63) is 30.1 Å². The highest BCUT2D eigenvalue weighted by molar-refractivity contribution is 7.89. The summed E-state index contributed by atoms with van der Waals surface area (Å²) >= 11 is 0. The van der Waals surface area contributed by atoms with E-state index in [1.807, 2.05) is 6.07 Å². The molecule has 0 aliphatic carbocycles. The second-order valence-electron chi connectivity index (χ2n) is 4.63. The van der Waals surface area contributed by atoms with E-state index in [0.717, 1.165) is 24.8 Å². The topological polar surface area (TPSA) is 76.3 Å². The number of pyridine rings is 1. The molecule has 0 spiro atoms. The van der Waals surface area contributed by atoms with Crippen LogP contribution < -0.4 is 5.73 Å². The van der Waals surface area contributed by atoms with E-state index in [1.54, 1.807) is 22.8 Å². The van der Waals surface area contributed by atoms with Gasteiger partial charge in [0, 0.05) is 31.5 Å². The Morgan fingerprint density at radius 1 is 1.33 bits per heavy atom. The Morgan fingerprint density at radius 2 is 2.06 bits per heavy atom. The van der Waals surface area contributed by atoms with Crippen molar-refractivity contribution < 1.29 is 8.42 Å². The van der Waals surface area contributed by atoms with Crippen molar-refractivity contribution in [2.45, 2.75) is 25.3 Å². The van der Waals surface area contributed by atoms with Gasteiger partial charge in [0.2, 0.25) is 10.0 Å². The predicted molar refractivity (Wildman–Crippen MR) is 70.4 cm³/mol. The first-order valence-corrected chi connectivity index (χ1v) is 7.84. The lowest BCUT2D eigenvalue weighted by atomic mass is 10.2. The minimum absolute atomic E-state index is 0.0430. The van der Waals surface area contributed by atoms with E-state index < -0.39 is 16.1 Å². The average molecular weight is 269 g/mol. The summed E-state index contributed by atoms with van der Waals surface area (Å²) in [4.78, 5) is 3.96. The molecule has 1 aromatic rings. The molecule has 6 heteroatoms. The molecule has 0 saturated carbocycles. The summed E-state index contributed by atoms with van der Waals surface area (Å²) in [6.45, 7) is 1.25. The number of nitrogens with zero attached hydrogens (tertiary/aromatic N) is 2. The van der Waals surface area contributed by atoms with Gasteiger partial charge < -0.3 is 5.73 Å². The number of sulfonamides is 1. The highest BCUT2D eigenvalue weighted by Gasteiger charge is 2.26. The van der Waals surface area contributed by atoms with Gasteiger partial charge in [0.25, 0.3) is 0 Å². The molecular formula is C12H19N3O2S. The van der Waals surface area contributed by atoms with Crippen LogP contribution in [0, 0.1) is 0 Å². The normalized spacial score (nSPS) is 19.6. The monoisotopic (exact) mass is 269 g/mol. The van der Waals surface area contributed by atoms with E-state index in [2.05, 4.69) is 4.98 Å². The molecule has 0 bridgehead atoms. The molecule has 1 aliphatic heterocycles. The van der Waals surface area contributed by atoms with Crippen LogP contribution in [0.1, 0.15) is 30.9 Å². The van der Waals surface area contributed by atoms with Crippen molar-refractivity contribution in [1.29, 1.82) is 0 Å². The number of hydrogen-bond acceptors (Lipinski definition) is 4. The van der Waals surface area contributed by atoms with Gasteiger partial charge in [0.15, 0.2) is 0 Å². The maximum Gasteiger partial charge on any atom is 0.215 e. The zero-order valence-electron chi connectivity index (χ0n) is 10.3. The SMILES string of the molecule is NC(CS(=O)(=O)N1CCCCC1)c1cccnc1. The molecule has 2 heterocycles. The summed E-state index contributed by atoms with van der Waals surface area (Å²) in [6, 6.07) is 3.07. The Labute approximate surface area is 108 Å². The maximum absolute atomic E-state index is 12.2. The van der Waals surface area contributed by atoms with Gasteiger partial charge in [-0.2, -0.15) is 0 Å². The van der Waals surface area contributed by atoms with Crippen LogP contribution >= 0.6 is 0 Å². The van der Waals surface area contributed by atoms with E-state index in [0.29, 0.717) is 13.1 Å². The van der Waals surface area contributed by atoms with Crippen molar-refractivity contribution in [3.8, 4) is 0 Å². The summed E-state index contributed by atoms with van der Waals surface area (Å²) in [5.41, 5.74) is 6.70. The Bertz CT molecular complexity index is 469. The zero-order chi connectivity index (χ0) is 13.0. The van der Waals surface area contributed by atoms with E-state index in [4.69, 9.17) is 5.73 Å². The predicted octanol–water partition coefficient (Wildman–Crippen LogP) is 0.897. The van der Waals surface area contributed by atoms with Crippen LogP contribution in [0.15, 0.2) is 24.5 Å². The van der Waals surface area contributed by atoms with Gasteiger partial charge >= 0.3 is 0 Å². The first kappa shape index (κ1) is 13.5. The molecule has 2 N–H and O–H groups in total. The number of hydrogen-bond donors (Lipinski definition) is 1. The average Bonchev–Trinajstić information content (AvgIpc) is 2.40. The third-order valence-electron chi connectivity index (χ3n) is 3.21. The maximum atomic E-state index is 12.2. The van der Waals surface area contributed by atoms with Crippen LogP contribution in [0.2, 0.25) is 0 Å². The van der Waals surface area contributed by atoms with Gasteiger partial charge in [-0.3, -0.25) is 4.98 Å². The van der Waals surface area contributed by atoms with E-state index in [1.165, 1.54) is 0 Å². The largest absolute Gasteiger partial charge is 0.323 e. The van der Waals surface area contributed by atoms with Crippen LogP contribution in [0.3, 0.4) is 0 Å². The lowest BCUT2D eigenvalue weighted by Crippen LogP contribution is -2.39. The molecule has 1 atom stereocenters. The van der Waals surface area contributed by atoms with Crippen molar-refractivity contribution in [2.24, 2.45) is 5.73 Å². The zero-order valence-corrected chi connectivity index (χ0v) is 11.1. The highest BCUT2D eigenvalue weighted by atomic mass is 32.2. The van der Waals surface area contributed by atoms with E-state index in [9.17, 15) is 8.42 Å². The third-order valence-corrected chi connectivity index (χ3v) is 5.14. The van der Waals surface area contributed by atoms with Crippen LogP contribution in [0.5, 0.6) is 0 Å². The van der Waals surface area contributed by atoms with Crippen LogP contribution in [0.25, 0.3) is 0 Å². The van der Waals surface area contributed by atoms with Crippen LogP contribution in [-0.4, -0.2) is 36.5 Å². The second-order valence-corrected chi connectivity index (χ2v) is 6.64. The first-order chi connectivity index (χ1) is 8.59. The Kier molecular flexibility index (Phi) is 4.31. The standard InChI is InChI=1S/C12H19N3O2S/c13-12(11-5-4-6-14-9-11)10-18(16,17)15-7-2-1-3-8-15/h4-6,9,12H,1-3,7-8,10,13H2. The summed E-state index contributed by atoms with van der Waals surface area (Å²) in [6.07, 6.45) is 6.27. The summed E-state index contributed by atoms with van der Waals surface area (Å²) in [7, 11) is -3.25. The molecule has 0 amide bonds. The molecule has 18 heavy (non-hydrogen) atoms. The van der Waals surface area contributed by atoms with Gasteiger partial charge in [-0.1, -0.05) is 12.5 Å². The molecule has 1 unspecified atom stereocenters. The number of nitrogens with two attached hydrogens (primary N) is 1. The fourth-order valence-electron chi connectivity index (χ4n) is 2.17. The summed E-state index contributed by atoms with van der Waals surface area (Å²) < 4.78 is 26.0. The molecule has 1 saturated heterocycles. The Balaban J connectivity index is 2.03. The Hall–Kier alpha value is -0.980. The van der Waals surface area contributed by atoms with Gasteiger partial charge in [-0.05, 0) is 24.5 Å². The highest BCUT2D eigenvalue weighted by Crippen LogP contribution is 2.17. The fourth-order valence-corrected chi connectivity index (χ4v) is 3.84. The number of rotatable bonds is 4. The van der Waals surface area contributed by atoms with Crippen LogP contribution in [-0.2, 0) is 10.0 Å². The molecule has 1 fully saturated rings. The van der Waals surface area contributed by atoms with Gasteiger partial charge in [0.05, 0.1) is 5.75 Å². The van der Waals surface area contributed by atoms with Gasteiger partial charge in [0.1, 0.15) is 0 Å². The molecule has 100 valence electrons. The molecule has 5 nitrogen and oxygen atoms in total. The minimum atomic E-state index is -3.25. The number of piperidine rings is 1. The molecule has 0 aromatic carbocycles. The lowest BCUT2D eigenvalue weighted by molar-refractivity contribution is 0.345. The summed E-state index contributed by atoms with van der Waals surface area (Å²) in [5, 5.41) is 0. The molecular weight excluding hydrogens is 250 g/mol. The van der Waals surface area contributed by atoms with Gasteiger partial charge in [-0.15, -0.1) is 0 Å². The van der Waals surface area contributed by atoms with Gasteiger partial charge in [-0.25, -0.2) is 12.7 Å².